The van der Waals surface area contributed by atoms with E-state index in [-0.39, 0.29) is 11.2 Å². The molecule has 0 radical (unpaired) electrons. The fraction of sp³-hybridized carbons (Fsp3) is 0.0952. The molecule has 29 heavy (non-hydrogen) atoms. The highest BCUT2D eigenvalue weighted by atomic mass is 19.4. The van der Waals surface area contributed by atoms with E-state index in [4.69, 9.17) is 0 Å². The number of nitrogens with one attached hydrogen (secondary N) is 2. The second kappa shape index (κ2) is 7.38. The van der Waals surface area contributed by atoms with E-state index in [1.54, 1.807) is 18.3 Å². The van der Waals surface area contributed by atoms with Crippen LogP contribution in [0.15, 0.2) is 71.7 Å². The molecular formula is C21H15F3N4O. The summed E-state index contributed by atoms with van der Waals surface area (Å²) in [6, 6.07) is 15.5. The lowest BCUT2D eigenvalue weighted by molar-refractivity contribution is -0.137. The van der Waals surface area contributed by atoms with Crippen LogP contribution in [-0.2, 0) is 12.6 Å². The topological polar surface area (TPSA) is 70.7 Å². The number of aromatic amines is 1. The van der Waals surface area contributed by atoms with Crippen molar-refractivity contribution in [3.05, 3.63) is 94.0 Å². The summed E-state index contributed by atoms with van der Waals surface area (Å²) in [4.78, 5) is 13.9. The SMILES string of the molecule is O=c1ccc(Cc2nnc(Nc3cccc(C(F)(F)F)c3)c3ccccc23)c[nH]1. The summed E-state index contributed by atoms with van der Waals surface area (Å²) in [6.45, 7) is 0. The van der Waals surface area contributed by atoms with Gasteiger partial charge in [0.25, 0.3) is 0 Å². The van der Waals surface area contributed by atoms with Crippen LogP contribution in [0.4, 0.5) is 24.7 Å². The predicted octanol–water partition coefficient (Wildman–Crippen LogP) is 4.67. The number of H-pyrrole nitrogens is 1. The summed E-state index contributed by atoms with van der Waals surface area (Å²) >= 11 is 0. The molecule has 8 heteroatoms. The zero-order chi connectivity index (χ0) is 20.4. The number of benzene rings is 2. The van der Waals surface area contributed by atoms with Crippen LogP contribution in [0.25, 0.3) is 10.8 Å². The number of alkyl halides is 3. The minimum atomic E-state index is -4.42. The van der Waals surface area contributed by atoms with Crippen LogP contribution in [0.2, 0.25) is 0 Å². The summed E-state index contributed by atoms with van der Waals surface area (Å²) in [6.07, 6.45) is -2.35. The second-order valence-corrected chi connectivity index (χ2v) is 6.48. The Labute approximate surface area is 163 Å². The molecule has 0 unspecified atom stereocenters. The Bertz CT molecular complexity index is 1210. The van der Waals surface area contributed by atoms with Gasteiger partial charge in [-0.2, -0.15) is 18.3 Å². The molecule has 0 aliphatic heterocycles. The molecule has 2 aromatic heterocycles. The van der Waals surface area contributed by atoms with Crippen molar-refractivity contribution in [1.29, 1.82) is 0 Å². The Balaban J connectivity index is 1.70. The van der Waals surface area contributed by atoms with E-state index in [1.165, 1.54) is 12.1 Å². The van der Waals surface area contributed by atoms with Gasteiger partial charge in [0.2, 0.25) is 5.56 Å². The van der Waals surface area contributed by atoms with Gasteiger partial charge in [-0.15, -0.1) is 5.10 Å². The zero-order valence-electron chi connectivity index (χ0n) is 15.0. The fourth-order valence-electron chi connectivity index (χ4n) is 3.04. The van der Waals surface area contributed by atoms with E-state index in [9.17, 15) is 18.0 Å². The van der Waals surface area contributed by atoms with Gasteiger partial charge in [0.05, 0.1) is 11.3 Å². The first-order chi connectivity index (χ1) is 13.9. The highest BCUT2D eigenvalue weighted by molar-refractivity contribution is 5.94. The average Bonchev–Trinajstić information content (AvgIpc) is 2.71. The Morgan fingerprint density at radius 3 is 2.45 bits per heavy atom. The molecule has 0 amide bonds. The smallest absolute Gasteiger partial charge is 0.338 e. The minimum Gasteiger partial charge on any atom is -0.338 e. The van der Waals surface area contributed by atoms with Crippen molar-refractivity contribution in [2.24, 2.45) is 0 Å². The lowest BCUT2D eigenvalue weighted by Gasteiger charge is -2.13. The maximum Gasteiger partial charge on any atom is 0.416 e. The van der Waals surface area contributed by atoms with E-state index in [0.29, 0.717) is 17.9 Å². The Morgan fingerprint density at radius 2 is 1.72 bits per heavy atom. The number of pyridine rings is 1. The molecule has 0 aliphatic rings. The van der Waals surface area contributed by atoms with Gasteiger partial charge in [-0.25, -0.2) is 0 Å². The third-order valence-electron chi connectivity index (χ3n) is 4.44. The van der Waals surface area contributed by atoms with Crippen molar-refractivity contribution < 1.29 is 13.2 Å². The van der Waals surface area contributed by atoms with Crippen molar-refractivity contribution in [3.8, 4) is 0 Å². The van der Waals surface area contributed by atoms with E-state index in [0.717, 1.165) is 28.5 Å². The molecular weight excluding hydrogens is 381 g/mol. The standard InChI is InChI=1S/C21H15F3N4O/c22-21(23,24)14-4-3-5-15(11-14)26-20-17-7-2-1-6-16(17)18(27-28-20)10-13-8-9-19(29)25-12-13/h1-9,11-12H,10H2,(H,25,29)(H,26,28). The third kappa shape index (κ3) is 4.11. The molecule has 5 nitrogen and oxygen atoms in total. The maximum absolute atomic E-state index is 13.0. The van der Waals surface area contributed by atoms with Gasteiger partial charge in [-0.05, 0) is 23.8 Å². The van der Waals surface area contributed by atoms with Crippen LogP contribution in [-0.4, -0.2) is 15.2 Å². The number of nitrogens with zero attached hydrogens (tertiary/aromatic N) is 2. The fourth-order valence-corrected chi connectivity index (χ4v) is 3.04. The van der Waals surface area contributed by atoms with Crippen LogP contribution in [0.3, 0.4) is 0 Å². The molecule has 0 fully saturated rings. The first-order valence-corrected chi connectivity index (χ1v) is 8.76. The van der Waals surface area contributed by atoms with Crippen molar-refractivity contribution in [2.75, 3.05) is 5.32 Å². The van der Waals surface area contributed by atoms with Crippen LogP contribution >= 0.6 is 0 Å². The van der Waals surface area contributed by atoms with Crippen LogP contribution in [0, 0.1) is 0 Å². The molecule has 2 N–H and O–H groups in total. The quantitative estimate of drug-likeness (QED) is 0.526. The van der Waals surface area contributed by atoms with Crippen molar-refractivity contribution in [1.82, 2.24) is 15.2 Å². The van der Waals surface area contributed by atoms with Crippen molar-refractivity contribution in [3.63, 3.8) is 0 Å². The van der Waals surface area contributed by atoms with Crippen LogP contribution < -0.4 is 10.9 Å². The summed E-state index contributed by atoms with van der Waals surface area (Å²) in [5, 5.41) is 13.0. The first kappa shape index (κ1) is 18.7. The van der Waals surface area contributed by atoms with Crippen molar-refractivity contribution >= 4 is 22.3 Å². The summed E-state index contributed by atoms with van der Waals surface area (Å²) in [5.74, 6) is 0.366. The van der Waals surface area contributed by atoms with E-state index in [2.05, 4.69) is 20.5 Å². The average molecular weight is 396 g/mol. The normalized spacial score (nSPS) is 11.6. The Kier molecular flexibility index (Phi) is 4.75. The van der Waals surface area contributed by atoms with Crippen molar-refractivity contribution in [2.45, 2.75) is 12.6 Å². The molecule has 4 aromatic rings. The van der Waals surface area contributed by atoms with Gasteiger partial charge in [-0.1, -0.05) is 36.4 Å². The monoisotopic (exact) mass is 396 g/mol. The number of hydrogen-bond acceptors (Lipinski definition) is 4. The van der Waals surface area contributed by atoms with Gasteiger partial charge < -0.3 is 10.3 Å². The van der Waals surface area contributed by atoms with Crippen LogP contribution in [0.5, 0.6) is 0 Å². The van der Waals surface area contributed by atoms with Gasteiger partial charge in [-0.3, -0.25) is 4.79 Å². The largest absolute Gasteiger partial charge is 0.416 e. The maximum atomic E-state index is 13.0. The molecule has 0 saturated heterocycles. The lowest BCUT2D eigenvalue weighted by atomic mass is 10.1. The highest BCUT2D eigenvalue weighted by Gasteiger charge is 2.30. The molecule has 0 aliphatic carbocycles. The number of rotatable bonds is 4. The number of aromatic nitrogens is 3. The second-order valence-electron chi connectivity index (χ2n) is 6.48. The molecule has 0 atom stereocenters. The lowest BCUT2D eigenvalue weighted by Crippen LogP contribution is -2.07. The number of halogens is 3. The molecule has 0 spiro atoms. The molecule has 4 rings (SSSR count). The number of hydrogen-bond donors (Lipinski definition) is 2. The van der Waals surface area contributed by atoms with Gasteiger partial charge in [0.15, 0.2) is 5.82 Å². The first-order valence-electron chi connectivity index (χ1n) is 8.76. The molecule has 0 bridgehead atoms. The van der Waals surface area contributed by atoms with Crippen LogP contribution in [0.1, 0.15) is 16.8 Å². The third-order valence-corrected chi connectivity index (χ3v) is 4.44. The number of fused-ring (bicyclic) bond motifs is 1. The molecule has 0 saturated carbocycles. The van der Waals surface area contributed by atoms with Gasteiger partial charge in [0, 0.05) is 35.1 Å². The Morgan fingerprint density at radius 1 is 0.931 bits per heavy atom. The van der Waals surface area contributed by atoms with Gasteiger partial charge in [0.1, 0.15) is 0 Å². The summed E-state index contributed by atoms with van der Waals surface area (Å²) in [7, 11) is 0. The molecule has 146 valence electrons. The molecule has 2 heterocycles. The predicted molar refractivity (Wildman–Crippen MR) is 104 cm³/mol. The van der Waals surface area contributed by atoms with Gasteiger partial charge >= 0.3 is 6.18 Å². The number of anilines is 2. The molecule has 2 aromatic carbocycles. The van der Waals surface area contributed by atoms with E-state index >= 15 is 0 Å². The summed E-state index contributed by atoms with van der Waals surface area (Å²) in [5.41, 5.74) is 0.900. The van der Waals surface area contributed by atoms with E-state index in [1.807, 2.05) is 24.3 Å². The highest BCUT2D eigenvalue weighted by Crippen LogP contribution is 2.32. The Hall–Kier alpha value is -3.68. The summed E-state index contributed by atoms with van der Waals surface area (Å²) < 4.78 is 38.9. The van der Waals surface area contributed by atoms with E-state index < -0.39 is 11.7 Å². The zero-order valence-corrected chi connectivity index (χ0v) is 15.0. The minimum absolute atomic E-state index is 0.190.